The van der Waals surface area contributed by atoms with Crippen LogP contribution in [-0.4, -0.2) is 22.9 Å². The highest BCUT2D eigenvalue weighted by Crippen LogP contribution is 2.31. The van der Waals surface area contributed by atoms with Gasteiger partial charge in [0.1, 0.15) is 0 Å². The Morgan fingerprint density at radius 3 is 3.00 bits per heavy atom. The van der Waals surface area contributed by atoms with Gasteiger partial charge in [0.15, 0.2) is 0 Å². The Balaban J connectivity index is 2.09. The van der Waals surface area contributed by atoms with Crippen molar-refractivity contribution in [1.29, 1.82) is 0 Å². The predicted octanol–water partition coefficient (Wildman–Crippen LogP) is 3.10. The van der Waals surface area contributed by atoms with E-state index in [0.717, 1.165) is 29.7 Å². The first-order chi connectivity index (χ1) is 9.16. The molecule has 1 aromatic carbocycles. The van der Waals surface area contributed by atoms with E-state index in [0.29, 0.717) is 5.92 Å². The van der Waals surface area contributed by atoms with E-state index >= 15 is 0 Å². The number of aromatic nitrogens is 2. The zero-order chi connectivity index (χ0) is 13.4. The van der Waals surface area contributed by atoms with Gasteiger partial charge >= 0.3 is 0 Å². The molecule has 0 amide bonds. The van der Waals surface area contributed by atoms with Crippen LogP contribution in [0.1, 0.15) is 24.0 Å². The van der Waals surface area contributed by atoms with Gasteiger partial charge in [-0.15, -0.1) is 0 Å². The van der Waals surface area contributed by atoms with Crippen LogP contribution in [0.3, 0.4) is 0 Å². The maximum Gasteiger partial charge on any atom is 0.0821 e. The molecule has 2 heterocycles. The zero-order valence-electron chi connectivity index (χ0n) is 11.3. The molecule has 1 atom stereocenters. The van der Waals surface area contributed by atoms with E-state index in [1.807, 2.05) is 17.9 Å². The lowest BCUT2D eigenvalue weighted by atomic mass is 9.93. The van der Waals surface area contributed by atoms with Crippen LogP contribution in [0.15, 0.2) is 28.9 Å². The molecule has 4 heteroatoms. The van der Waals surface area contributed by atoms with Crippen molar-refractivity contribution in [3.8, 4) is 11.3 Å². The molecule has 0 aliphatic carbocycles. The van der Waals surface area contributed by atoms with Crippen LogP contribution in [0, 0.1) is 0 Å². The fourth-order valence-corrected chi connectivity index (χ4v) is 3.41. The van der Waals surface area contributed by atoms with Gasteiger partial charge in [0, 0.05) is 19.2 Å². The third-order valence-electron chi connectivity index (χ3n) is 3.86. The molecule has 3 nitrogen and oxygen atoms in total. The number of hydrogen-bond donors (Lipinski definition) is 1. The van der Waals surface area contributed by atoms with Gasteiger partial charge < -0.3 is 5.32 Å². The van der Waals surface area contributed by atoms with E-state index in [1.54, 1.807) is 0 Å². The van der Waals surface area contributed by atoms with Crippen molar-refractivity contribution in [2.24, 2.45) is 7.05 Å². The summed E-state index contributed by atoms with van der Waals surface area (Å²) < 4.78 is 2.97. The quantitative estimate of drug-likeness (QED) is 0.875. The maximum absolute atomic E-state index is 4.30. The molecule has 1 aliphatic rings. The third-order valence-corrected chi connectivity index (χ3v) is 4.44. The lowest BCUT2D eigenvalue weighted by Gasteiger charge is -2.14. The van der Waals surface area contributed by atoms with Crippen molar-refractivity contribution < 1.29 is 0 Å². The molecule has 0 bridgehead atoms. The monoisotopic (exact) mass is 319 g/mol. The van der Waals surface area contributed by atoms with Gasteiger partial charge in [-0.2, -0.15) is 5.10 Å². The topological polar surface area (TPSA) is 29.9 Å². The highest BCUT2D eigenvalue weighted by molar-refractivity contribution is 9.10. The molecule has 0 saturated carbocycles. The fraction of sp³-hybridized carbons (Fsp3) is 0.400. The number of nitrogens with zero attached hydrogens (tertiary/aromatic N) is 2. The highest BCUT2D eigenvalue weighted by atomic mass is 79.9. The average Bonchev–Trinajstić information content (AvgIpc) is 2.62. The average molecular weight is 320 g/mol. The van der Waals surface area contributed by atoms with E-state index in [9.17, 15) is 0 Å². The summed E-state index contributed by atoms with van der Waals surface area (Å²) in [5, 5.41) is 7.79. The molecule has 0 radical (unpaired) electrons. The van der Waals surface area contributed by atoms with Crippen LogP contribution in [0.5, 0.6) is 0 Å². The van der Waals surface area contributed by atoms with E-state index < -0.39 is 0 Å². The minimum atomic E-state index is 0.585. The van der Waals surface area contributed by atoms with Crippen LogP contribution < -0.4 is 5.32 Å². The second kappa shape index (κ2) is 5.10. The first kappa shape index (κ1) is 12.9. The summed E-state index contributed by atoms with van der Waals surface area (Å²) in [4.78, 5) is 0. The van der Waals surface area contributed by atoms with Crippen molar-refractivity contribution in [2.75, 3.05) is 13.1 Å². The minimum absolute atomic E-state index is 0.585. The molecule has 0 unspecified atom stereocenters. The SMILES string of the molecule is C[C@@H]1CNCCc2cc(-c3c(Br)cnn3C)ccc21. The molecule has 1 aliphatic heterocycles. The molecule has 3 rings (SSSR count). The highest BCUT2D eigenvalue weighted by Gasteiger charge is 2.16. The van der Waals surface area contributed by atoms with Gasteiger partial charge in [0.25, 0.3) is 0 Å². The lowest BCUT2D eigenvalue weighted by Crippen LogP contribution is -2.18. The molecule has 100 valence electrons. The van der Waals surface area contributed by atoms with E-state index in [1.165, 1.54) is 16.7 Å². The number of rotatable bonds is 1. The largest absolute Gasteiger partial charge is 0.316 e. The minimum Gasteiger partial charge on any atom is -0.316 e. The predicted molar refractivity (Wildman–Crippen MR) is 81.3 cm³/mol. The van der Waals surface area contributed by atoms with Crippen LogP contribution in [0.4, 0.5) is 0 Å². The van der Waals surface area contributed by atoms with E-state index in [2.05, 4.69) is 51.5 Å². The molecule has 1 aromatic heterocycles. The molecule has 0 saturated heterocycles. The van der Waals surface area contributed by atoms with Crippen LogP contribution in [0.25, 0.3) is 11.3 Å². The van der Waals surface area contributed by atoms with Gasteiger partial charge in [-0.25, -0.2) is 0 Å². The second-order valence-corrected chi connectivity index (χ2v) is 6.09. The normalized spacial score (nSPS) is 19.0. The first-order valence-corrected chi connectivity index (χ1v) is 7.47. The summed E-state index contributed by atoms with van der Waals surface area (Å²) in [6, 6.07) is 6.81. The smallest absolute Gasteiger partial charge is 0.0821 e. The Morgan fingerprint density at radius 2 is 2.26 bits per heavy atom. The summed E-state index contributed by atoms with van der Waals surface area (Å²) >= 11 is 3.58. The number of benzene rings is 1. The Bertz CT molecular complexity index is 584. The number of halogens is 1. The van der Waals surface area contributed by atoms with Gasteiger partial charge in [-0.1, -0.05) is 19.1 Å². The molecule has 19 heavy (non-hydrogen) atoms. The van der Waals surface area contributed by atoms with Crippen molar-refractivity contribution >= 4 is 15.9 Å². The Kier molecular flexibility index (Phi) is 3.46. The molecular weight excluding hydrogens is 302 g/mol. The number of fused-ring (bicyclic) bond motifs is 1. The van der Waals surface area contributed by atoms with Gasteiger partial charge in [0.2, 0.25) is 0 Å². The maximum atomic E-state index is 4.30. The third kappa shape index (κ3) is 2.35. The summed E-state index contributed by atoms with van der Waals surface area (Å²) in [6.45, 7) is 4.42. The van der Waals surface area contributed by atoms with E-state index in [4.69, 9.17) is 0 Å². The second-order valence-electron chi connectivity index (χ2n) is 5.23. The molecular formula is C15H18BrN3. The van der Waals surface area contributed by atoms with Gasteiger partial charge in [0.05, 0.1) is 16.4 Å². The molecule has 1 N–H and O–H groups in total. The van der Waals surface area contributed by atoms with Crippen LogP contribution in [0.2, 0.25) is 0 Å². The fourth-order valence-electron chi connectivity index (χ4n) is 2.84. The Morgan fingerprint density at radius 1 is 1.42 bits per heavy atom. The summed E-state index contributed by atoms with van der Waals surface area (Å²) in [6.07, 6.45) is 2.95. The van der Waals surface area contributed by atoms with Crippen molar-refractivity contribution in [3.63, 3.8) is 0 Å². The van der Waals surface area contributed by atoms with Crippen LogP contribution >= 0.6 is 15.9 Å². The Hall–Kier alpha value is -1.13. The van der Waals surface area contributed by atoms with Crippen molar-refractivity contribution in [2.45, 2.75) is 19.3 Å². The van der Waals surface area contributed by atoms with E-state index in [-0.39, 0.29) is 0 Å². The standard InChI is InChI=1S/C15H18BrN3/c1-10-8-17-6-5-11-7-12(3-4-13(10)11)15-14(16)9-18-19(15)2/h3-4,7,9-10,17H,5-6,8H2,1-2H3/t10-/m1/s1. The summed E-state index contributed by atoms with van der Waals surface area (Å²) in [5.41, 5.74) is 5.32. The first-order valence-electron chi connectivity index (χ1n) is 6.68. The van der Waals surface area contributed by atoms with Crippen molar-refractivity contribution in [3.05, 3.63) is 40.0 Å². The van der Waals surface area contributed by atoms with Crippen LogP contribution in [-0.2, 0) is 13.5 Å². The molecule has 2 aromatic rings. The van der Waals surface area contributed by atoms with Gasteiger partial charge in [-0.05, 0) is 52.0 Å². The zero-order valence-corrected chi connectivity index (χ0v) is 12.9. The number of nitrogens with one attached hydrogen (secondary N) is 1. The van der Waals surface area contributed by atoms with Crippen molar-refractivity contribution in [1.82, 2.24) is 15.1 Å². The number of hydrogen-bond acceptors (Lipinski definition) is 2. The molecule has 0 fully saturated rings. The lowest BCUT2D eigenvalue weighted by molar-refractivity contribution is 0.644. The summed E-state index contributed by atoms with van der Waals surface area (Å²) in [7, 11) is 1.98. The number of aryl methyl sites for hydroxylation is 1. The van der Waals surface area contributed by atoms with Gasteiger partial charge in [-0.3, -0.25) is 4.68 Å². The summed E-state index contributed by atoms with van der Waals surface area (Å²) in [5.74, 6) is 0.585. The molecule has 0 spiro atoms. The Labute approximate surface area is 122 Å².